The molecule has 1 rings (SSSR count). The number of carbonyl (C=O) groups excluding carboxylic acids is 2. The van der Waals surface area contributed by atoms with Gasteiger partial charge >= 0.3 is 5.97 Å². The zero-order valence-corrected chi connectivity index (χ0v) is 15.0. The Balaban J connectivity index is 2.47. The Morgan fingerprint density at radius 2 is 1.91 bits per heavy atom. The second-order valence-corrected chi connectivity index (χ2v) is 7.45. The van der Waals surface area contributed by atoms with Crippen molar-refractivity contribution < 1.29 is 14.3 Å². The monoisotopic (exact) mass is 323 g/mol. The van der Waals surface area contributed by atoms with E-state index in [1.54, 1.807) is 6.92 Å². The molecule has 1 amide bonds. The van der Waals surface area contributed by atoms with E-state index in [9.17, 15) is 9.59 Å². The quantitative estimate of drug-likeness (QED) is 0.667. The molecule has 0 saturated heterocycles. The Bertz CT molecular complexity index is 549. The first-order chi connectivity index (χ1) is 10.1. The second-order valence-electron chi connectivity index (χ2n) is 6.43. The van der Waals surface area contributed by atoms with Crippen LogP contribution in [0.25, 0.3) is 0 Å². The fourth-order valence-corrected chi connectivity index (χ4v) is 2.65. The molecule has 0 radical (unpaired) electrons. The number of hydrogen-bond donors (Lipinski definition) is 1. The smallest absolute Gasteiger partial charge is 0.317 e. The molecular formula is C17H25NO3S. The van der Waals surface area contributed by atoms with Gasteiger partial charge in [-0.25, -0.2) is 0 Å². The molecule has 1 atom stereocenters. The topological polar surface area (TPSA) is 55.4 Å². The molecule has 0 unspecified atom stereocenters. The maximum absolute atomic E-state index is 11.9. The van der Waals surface area contributed by atoms with Gasteiger partial charge in [-0.15, -0.1) is 11.8 Å². The van der Waals surface area contributed by atoms with Gasteiger partial charge in [-0.05, 0) is 53.2 Å². The standard InChI is InChI=1S/C17H25NO3S/c1-11-7-8-14(12(2)9-11)22-10-15(19)21-13(3)16(20)18-17(4,5)6/h7-9,13H,10H2,1-6H3,(H,18,20)/t13-/m0/s1. The molecule has 0 saturated carbocycles. The molecule has 1 aromatic carbocycles. The predicted molar refractivity (Wildman–Crippen MR) is 90.1 cm³/mol. The van der Waals surface area contributed by atoms with Crippen molar-refractivity contribution in [3.63, 3.8) is 0 Å². The largest absolute Gasteiger partial charge is 0.452 e. The average molecular weight is 323 g/mol. The van der Waals surface area contributed by atoms with Crippen molar-refractivity contribution in [2.24, 2.45) is 0 Å². The Kier molecular flexibility index (Phi) is 6.48. The fourth-order valence-electron chi connectivity index (χ4n) is 1.85. The maximum atomic E-state index is 11.9. The Hall–Kier alpha value is -1.49. The molecule has 22 heavy (non-hydrogen) atoms. The Labute approximate surface area is 137 Å². The highest BCUT2D eigenvalue weighted by molar-refractivity contribution is 8.00. The van der Waals surface area contributed by atoms with Gasteiger partial charge < -0.3 is 10.1 Å². The van der Waals surface area contributed by atoms with E-state index in [-0.39, 0.29) is 23.2 Å². The number of rotatable bonds is 5. The van der Waals surface area contributed by atoms with Gasteiger partial charge in [-0.1, -0.05) is 17.7 Å². The van der Waals surface area contributed by atoms with Crippen LogP contribution in [0.15, 0.2) is 23.1 Å². The summed E-state index contributed by atoms with van der Waals surface area (Å²) >= 11 is 1.42. The molecule has 1 aromatic rings. The molecule has 4 nitrogen and oxygen atoms in total. The minimum Gasteiger partial charge on any atom is -0.452 e. The number of amides is 1. The van der Waals surface area contributed by atoms with Gasteiger partial charge in [0.15, 0.2) is 6.10 Å². The van der Waals surface area contributed by atoms with Crippen LogP contribution in [-0.4, -0.2) is 29.3 Å². The number of aryl methyl sites for hydroxylation is 2. The van der Waals surface area contributed by atoms with Crippen molar-refractivity contribution in [1.82, 2.24) is 5.32 Å². The summed E-state index contributed by atoms with van der Waals surface area (Å²) in [6.07, 6.45) is -0.786. The summed E-state index contributed by atoms with van der Waals surface area (Å²) in [5.74, 6) is -0.476. The van der Waals surface area contributed by atoms with Gasteiger partial charge in [-0.2, -0.15) is 0 Å². The third kappa shape index (κ3) is 6.52. The van der Waals surface area contributed by atoms with Crippen LogP contribution in [0.4, 0.5) is 0 Å². The molecule has 1 N–H and O–H groups in total. The summed E-state index contributed by atoms with van der Waals surface area (Å²) in [6, 6.07) is 6.09. The van der Waals surface area contributed by atoms with Crippen LogP contribution < -0.4 is 5.32 Å². The number of hydrogen-bond acceptors (Lipinski definition) is 4. The maximum Gasteiger partial charge on any atom is 0.317 e. The van der Waals surface area contributed by atoms with Gasteiger partial charge in [0.05, 0.1) is 5.75 Å². The lowest BCUT2D eigenvalue weighted by atomic mass is 10.1. The highest BCUT2D eigenvalue weighted by atomic mass is 32.2. The second kappa shape index (κ2) is 7.68. The SMILES string of the molecule is Cc1ccc(SCC(=O)O[C@@H](C)C(=O)NC(C)(C)C)c(C)c1. The summed E-state index contributed by atoms with van der Waals surface area (Å²) in [4.78, 5) is 24.8. The van der Waals surface area contributed by atoms with Gasteiger partial charge in [0.2, 0.25) is 0 Å². The van der Waals surface area contributed by atoms with E-state index in [0.717, 1.165) is 10.5 Å². The third-order valence-electron chi connectivity index (χ3n) is 2.85. The van der Waals surface area contributed by atoms with Crippen LogP contribution in [0.2, 0.25) is 0 Å². The van der Waals surface area contributed by atoms with Crippen LogP contribution in [0.5, 0.6) is 0 Å². The summed E-state index contributed by atoms with van der Waals surface area (Å²) in [7, 11) is 0. The summed E-state index contributed by atoms with van der Waals surface area (Å²) in [6.45, 7) is 11.3. The lowest BCUT2D eigenvalue weighted by Crippen LogP contribution is -2.46. The average Bonchev–Trinajstić information content (AvgIpc) is 2.35. The van der Waals surface area contributed by atoms with Crippen LogP contribution in [-0.2, 0) is 14.3 Å². The van der Waals surface area contributed by atoms with Gasteiger partial charge in [0.25, 0.3) is 5.91 Å². The number of thioether (sulfide) groups is 1. The molecule has 0 aliphatic carbocycles. The number of nitrogens with one attached hydrogen (secondary N) is 1. The minimum absolute atomic E-state index is 0.192. The fraction of sp³-hybridized carbons (Fsp3) is 0.529. The number of esters is 1. The number of ether oxygens (including phenoxy) is 1. The van der Waals surface area contributed by atoms with Gasteiger partial charge in [0.1, 0.15) is 0 Å². The third-order valence-corrected chi connectivity index (χ3v) is 4.00. The summed E-state index contributed by atoms with van der Waals surface area (Å²) in [5.41, 5.74) is 1.99. The van der Waals surface area contributed by atoms with E-state index >= 15 is 0 Å². The van der Waals surface area contributed by atoms with Crippen molar-refractivity contribution in [1.29, 1.82) is 0 Å². The van der Waals surface area contributed by atoms with Crippen molar-refractivity contribution in [3.05, 3.63) is 29.3 Å². The lowest BCUT2D eigenvalue weighted by molar-refractivity contribution is -0.152. The molecule has 0 aliphatic heterocycles. The predicted octanol–water partition coefficient (Wildman–Crippen LogP) is 3.24. The van der Waals surface area contributed by atoms with Crippen molar-refractivity contribution in [2.75, 3.05) is 5.75 Å². The van der Waals surface area contributed by atoms with E-state index in [2.05, 4.69) is 11.4 Å². The lowest BCUT2D eigenvalue weighted by Gasteiger charge is -2.23. The van der Waals surface area contributed by atoms with Gasteiger partial charge in [-0.3, -0.25) is 9.59 Å². The zero-order valence-electron chi connectivity index (χ0n) is 14.1. The Morgan fingerprint density at radius 1 is 1.27 bits per heavy atom. The zero-order chi connectivity index (χ0) is 16.9. The molecule has 5 heteroatoms. The molecule has 122 valence electrons. The molecule has 0 aromatic heterocycles. The van der Waals surface area contributed by atoms with Gasteiger partial charge in [0, 0.05) is 10.4 Å². The van der Waals surface area contributed by atoms with E-state index in [1.807, 2.05) is 46.8 Å². The van der Waals surface area contributed by atoms with Crippen LogP contribution in [0.3, 0.4) is 0 Å². The van der Waals surface area contributed by atoms with Crippen molar-refractivity contribution in [3.8, 4) is 0 Å². The highest BCUT2D eigenvalue weighted by Crippen LogP contribution is 2.23. The van der Waals surface area contributed by atoms with Crippen LogP contribution in [0, 0.1) is 13.8 Å². The molecule has 0 spiro atoms. The van der Waals surface area contributed by atoms with E-state index in [1.165, 1.54) is 17.3 Å². The molecule has 0 aliphatic rings. The Morgan fingerprint density at radius 3 is 2.45 bits per heavy atom. The first-order valence-corrected chi connectivity index (χ1v) is 8.28. The number of carbonyl (C=O) groups is 2. The summed E-state index contributed by atoms with van der Waals surface area (Å²) < 4.78 is 5.17. The van der Waals surface area contributed by atoms with Crippen molar-refractivity contribution >= 4 is 23.6 Å². The van der Waals surface area contributed by atoms with Crippen LogP contribution >= 0.6 is 11.8 Å². The molecule has 0 fully saturated rings. The van der Waals surface area contributed by atoms with E-state index < -0.39 is 6.10 Å². The normalized spacial score (nSPS) is 12.6. The molecular weight excluding hydrogens is 298 g/mol. The van der Waals surface area contributed by atoms with Crippen LogP contribution in [0.1, 0.15) is 38.8 Å². The molecule has 0 heterocycles. The minimum atomic E-state index is -0.786. The first kappa shape index (κ1) is 18.6. The number of benzene rings is 1. The highest BCUT2D eigenvalue weighted by Gasteiger charge is 2.22. The first-order valence-electron chi connectivity index (χ1n) is 7.30. The van der Waals surface area contributed by atoms with Crippen molar-refractivity contribution in [2.45, 2.75) is 58.1 Å². The summed E-state index contributed by atoms with van der Waals surface area (Å²) in [5, 5.41) is 2.79. The van der Waals surface area contributed by atoms with E-state index in [4.69, 9.17) is 4.74 Å². The van der Waals surface area contributed by atoms with E-state index in [0.29, 0.717) is 0 Å². The molecule has 0 bridgehead atoms.